The second kappa shape index (κ2) is 10.7. The van der Waals surface area contributed by atoms with Crippen LogP contribution in [0, 0.1) is 11.6 Å². The van der Waals surface area contributed by atoms with Gasteiger partial charge >= 0.3 is 6.18 Å². The molecule has 1 fully saturated rings. The van der Waals surface area contributed by atoms with Crippen molar-refractivity contribution < 1.29 is 31.5 Å². The Labute approximate surface area is 188 Å². The Bertz CT molecular complexity index is 971. The molecule has 1 aliphatic rings. The number of amides is 2. The van der Waals surface area contributed by atoms with Crippen molar-refractivity contribution in [1.82, 2.24) is 15.1 Å². The van der Waals surface area contributed by atoms with Crippen LogP contribution in [0.25, 0.3) is 0 Å². The lowest BCUT2D eigenvalue weighted by Crippen LogP contribution is -2.48. The van der Waals surface area contributed by atoms with Crippen molar-refractivity contribution in [1.29, 1.82) is 0 Å². The average molecular weight is 469 g/mol. The number of rotatable bonds is 7. The number of nitrogens with one attached hydrogen (secondary N) is 1. The van der Waals surface area contributed by atoms with E-state index in [4.69, 9.17) is 0 Å². The van der Waals surface area contributed by atoms with Gasteiger partial charge in [0, 0.05) is 51.8 Å². The highest BCUT2D eigenvalue weighted by molar-refractivity contribution is 5.94. The molecule has 3 rings (SSSR count). The van der Waals surface area contributed by atoms with E-state index in [1.807, 2.05) is 0 Å². The van der Waals surface area contributed by atoms with Crippen molar-refractivity contribution in [3.63, 3.8) is 0 Å². The molecular formula is C23H24F5N3O2. The minimum Gasteiger partial charge on any atom is -0.352 e. The lowest BCUT2D eigenvalue weighted by atomic mass is 10.1. The molecule has 1 aliphatic heterocycles. The lowest BCUT2D eigenvalue weighted by Gasteiger charge is -2.35. The van der Waals surface area contributed by atoms with Gasteiger partial charge in [0.15, 0.2) is 0 Å². The monoisotopic (exact) mass is 469 g/mol. The molecule has 0 bridgehead atoms. The zero-order valence-electron chi connectivity index (χ0n) is 17.8. The predicted molar refractivity (Wildman–Crippen MR) is 111 cm³/mol. The van der Waals surface area contributed by atoms with Gasteiger partial charge in [0.2, 0.25) is 5.91 Å². The van der Waals surface area contributed by atoms with E-state index in [0.29, 0.717) is 45.2 Å². The Morgan fingerprint density at radius 3 is 2.21 bits per heavy atom. The second-order valence-electron chi connectivity index (χ2n) is 7.84. The first-order valence-corrected chi connectivity index (χ1v) is 10.5. The molecule has 5 nitrogen and oxygen atoms in total. The lowest BCUT2D eigenvalue weighted by molar-refractivity contribution is -0.137. The van der Waals surface area contributed by atoms with Crippen LogP contribution in [-0.4, -0.2) is 54.3 Å². The molecule has 0 spiro atoms. The van der Waals surface area contributed by atoms with E-state index in [-0.39, 0.29) is 24.4 Å². The summed E-state index contributed by atoms with van der Waals surface area (Å²) in [4.78, 5) is 28.1. The van der Waals surface area contributed by atoms with Crippen LogP contribution in [0.15, 0.2) is 42.5 Å². The fourth-order valence-corrected chi connectivity index (χ4v) is 3.58. The molecule has 178 valence electrons. The molecule has 2 aromatic carbocycles. The van der Waals surface area contributed by atoms with Crippen molar-refractivity contribution in [3.8, 4) is 0 Å². The molecule has 0 unspecified atom stereocenters. The van der Waals surface area contributed by atoms with E-state index in [1.165, 1.54) is 12.1 Å². The first kappa shape index (κ1) is 24.6. The molecule has 0 saturated carbocycles. The number of benzene rings is 2. The van der Waals surface area contributed by atoms with Crippen LogP contribution in [0.1, 0.15) is 34.3 Å². The molecule has 1 N–H and O–H groups in total. The first-order chi connectivity index (χ1) is 15.6. The van der Waals surface area contributed by atoms with Gasteiger partial charge in [-0.15, -0.1) is 0 Å². The maximum Gasteiger partial charge on any atom is 0.416 e. The quantitative estimate of drug-likeness (QED) is 0.495. The third kappa shape index (κ3) is 6.98. The maximum atomic E-state index is 13.6. The normalized spacial score (nSPS) is 14.9. The zero-order chi connectivity index (χ0) is 24.0. The molecule has 10 heteroatoms. The number of nitrogens with zero attached hydrogens (tertiary/aromatic N) is 2. The minimum atomic E-state index is -4.36. The summed E-state index contributed by atoms with van der Waals surface area (Å²) in [6, 6.07) is 7.76. The predicted octanol–water partition coefficient (Wildman–Crippen LogP) is 3.84. The Balaban J connectivity index is 1.36. The minimum absolute atomic E-state index is 0.0635. The molecule has 1 saturated heterocycles. The smallest absolute Gasteiger partial charge is 0.352 e. The van der Waals surface area contributed by atoms with Crippen molar-refractivity contribution >= 4 is 11.8 Å². The Morgan fingerprint density at radius 1 is 0.939 bits per heavy atom. The zero-order valence-corrected chi connectivity index (χ0v) is 17.8. The van der Waals surface area contributed by atoms with Gasteiger partial charge in [0.1, 0.15) is 11.6 Å². The number of hydrogen-bond acceptors (Lipinski definition) is 3. The van der Waals surface area contributed by atoms with Crippen molar-refractivity contribution in [2.24, 2.45) is 0 Å². The van der Waals surface area contributed by atoms with E-state index in [1.54, 1.807) is 4.90 Å². The molecule has 1 heterocycles. The summed E-state index contributed by atoms with van der Waals surface area (Å²) in [5, 5.41) is 2.51. The van der Waals surface area contributed by atoms with Crippen LogP contribution in [0.2, 0.25) is 0 Å². The van der Waals surface area contributed by atoms with Crippen molar-refractivity contribution in [3.05, 3.63) is 70.8 Å². The van der Waals surface area contributed by atoms with E-state index in [2.05, 4.69) is 10.2 Å². The fourth-order valence-electron chi connectivity index (χ4n) is 3.58. The number of alkyl halides is 3. The van der Waals surface area contributed by atoms with Crippen molar-refractivity contribution in [2.75, 3.05) is 32.7 Å². The number of piperazine rings is 1. The van der Waals surface area contributed by atoms with Gasteiger partial charge in [-0.1, -0.05) is 12.1 Å². The van der Waals surface area contributed by atoms with Crippen molar-refractivity contribution in [2.45, 2.75) is 25.6 Å². The number of carbonyl (C=O) groups excluding carboxylic acids is 2. The largest absolute Gasteiger partial charge is 0.416 e. The van der Waals surface area contributed by atoms with Crippen LogP contribution in [0.5, 0.6) is 0 Å². The number of carbonyl (C=O) groups is 2. The van der Waals surface area contributed by atoms with Crippen LogP contribution >= 0.6 is 0 Å². The van der Waals surface area contributed by atoms with Crippen LogP contribution < -0.4 is 5.32 Å². The van der Waals surface area contributed by atoms with Crippen LogP contribution in [-0.2, 0) is 17.5 Å². The molecule has 2 amide bonds. The van der Waals surface area contributed by atoms with Crippen LogP contribution in [0.3, 0.4) is 0 Å². The summed E-state index contributed by atoms with van der Waals surface area (Å²) in [5.41, 5.74) is -0.163. The maximum absolute atomic E-state index is 13.6. The second-order valence-corrected chi connectivity index (χ2v) is 7.84. The molecule has 0 atom stereocenters. The Morgan fingerprint density at radius 2 is 1.61 bits per heavy atom. The molecule has 0 radical (unpaired) electrons. The third-order valence-electron chi connectivity index (χ3n) is 5.44. The highest BCUT2D eigenvalue weighted by atomic mass is 19.4. The van der Waals surface area contributed by atoms with Crippen LogP contribution in [0.4, 0.5) is 22.0 Å². The fraction of sp³-hybridized carbons (Fsp3) is 0.391. The van der Waals surface area contributed by atoms with Gasteiger partial charge in [-0.25, -0.2) is 8.78 Å². The molecule has 2 aromatic rings. The topological polar surface area (TPSA) is 52.7 Å². The van der Waals surface area contributed by atoms with Gasteiger partial charge in [-0.2, -0.15) is 13.2 Å². The summed E-state index contributed by atoms with van der Waals surface area (Å²) < 4.78 is 64.5. The highest BCUT2D eigenvalue weighted by Gasteiger charge is 2.30. The summed E-state index contributed by atoms with van der Waals surface area (Å²) >= 11 is 0. The Hall–Kier alpha value is -3.01. The Kier molecular flexibility index (Phi) is 8.01. The van der Waals surface area contributed by atoms with Gasteiger partial charge in [-0.3, -0.25) is 14.5 Å². The first-order valence-electron chi connectivity index (χ1n) is 10.5. The highest BCUT2D eigenvalue weighted by Crippen LogP contribution is 2.29. The van der Waals surface area contributed by atoms with E-state index >= 15 is 0 Å². The van der Waals surface area contributed by atoms with Gasteiger partial charge < -0.3 is 10.2 Å². The standard InChI is InChI=1S/C23H24F5N3O2/c24-18-7-8-19(20(25)14-18)22(33)29-9-1-2-21(32)31-12-10-30(11-13-31)15-16-3-5-17(6-4-16)23(26,27)28/h3-8,14H,1-2,9-13,15H2,(H,29,33). The van der Waals surface area contributed by atoms with E-state index < -0.39 is 29.3 Å². The third-order valence-corrected chi connectivity index (χ3v) is 5.44. The van der Waals surface area contributed by atoms with Gasteiger partial charge in [-0.05, 0) is 36.2 Å². The average Bonchev–Trinajstić information content (AvgIpc) is 2.76. The molecule has 0 aromatic heterocycles. The van der Waals surface area contributed by atoms with E-state index in [9.17, 15) is 31.5 Å². The molecule has 0 aliphatic carbocycles. The molecular weight excluding hydrogens is 445 g/mol. The van der Waals surface area contributed by atoms with Gasteiger partial charge in [0.25, 0.3) is 5.91 Å². The summed E-state index contributed by atoms with van der Waals surface area (Å²) in [6.07, 6.45) is -3.77. The SMILES string of the molecule is O=C(NCCCC(=O)N1CCN(Cc2ccc(C(F)(F)F)cc2)CC1)c1ccc(F)cc1F. The van der Waals surface area contributed by atoms with Gasteiger partial charge in [0.05, 0.1) is 11.1 Å². The summed E-state index contributed by atoms with van der Waals surface area (Å²) in [5.74, 6) is -2.45. The van der Waals surface area contributed by atoms with E-state index in [0.717, 1.165) is 29.8 Å². The number of hydrogen-bond donors (Lipinski definition) is 1. The summed E-state index contributed by atoms with van der Waals surface area (Å²) in [6.45, 7) is 2.90. The molecule has 33 heavy (non-hydrogen) atoms. The number of halogens is 5. The summed E-state index contributed by atoms with van der Waals surface area (Å²) in [7, 11) is 0.